The number of halogens is 1. The minimum atomic E-state index is -0.622. The summed E-state index contributed by atoms with van der Waals surface area (Å²) < 4.78 is 4.76. The molecule has 0 saturated carbocycles. The van der Waals surface area contributed by atoms with Crippen LogP contribution in [0.25, 0.3) is 0 Å². The summed E-state index contributed by atoms with van der Waals surface area (Å²) in [5, 5.41) is 6.24. The first-order chi connectivity index (χ1) is 11.0. The van der Waals surface area contributed by atoms with Crippen molar-refractivity contribution < 1.29 is 9.53 Å². The summed E-state index contributed by atoms with van der Waals surface area (Å²) in [7, 11) is 0. The van der Waals surface area contributed by atoms with Gasteiger partial charge in [0.25, 0.3) is 10.9 Å². The summed E-state index contributed by atoms with van der Waals surface area (Å²) in [6.07, 6.45) is 0.674. The minimum Gasteiger partial charge on any atom is -0.465 e. The van der Waals surface area contributed by atoms with Crippen molar-refractivity contribution in [3.63, 3.8) is 0 Å². The number of carbonyl (C=O) groups excluding carboxylic acids is 1. The highest BCUT2D eigenvalue weighted by molar-refractivity contribution is 6.30. The van der Waals surface area contributed by atoms with Crippen LogP contribution in [0, 0.1) is 0 Å². The monoisotopic (exact) mass is 336 g/mol. The molecule has 0 spiro atoms. The summed E-state index contributed by atoms with van der Waals surface area (Å²) >= 11 is 5.81. The fourth-order valence-corrected chi connectivity index (χ4v) is 2.21. The largest absolute Gasteiger partial charge is 0.465 e. The van der Waals surface area contributed by atoms with Crippen LogP contribution in [0.4, 0.5) is 11.4 Å². The second-order valence-corrected chi connectivity index (χ2v) is 5.31. The van der Waals surface area contributed by atoms with E-state index in [9.17, 15) is 14.4 Å². The molecule has 0 aliphatic heterocycles. The highest BCUT2D eigenvalue weighted by Crippen LogP contribution is 2.15. The Hall–Kier alpha value is -2.34. The van der Waals surface area contributed by atoms with Gasteiger partial charge in [0.05, 0.1) is 6.61 Å². The van der Waals surface area contributed by atoms with Gasteiger partial charge in [0.2, 0.25) is 0 Å². The third kappa shape index (κ3) is 4.32. The van der Waals surface area contributed by atoms with Gasteiger partial charge in [-0.15, -0.1) is 0 Å². The summed E-state index contributed by atoms with van der Waals surface area (Å²) in [5.74, 6) is -0.479. The van der Waals surface area contributed by atoms with E-state index >= 15 is 0 Å². The molecule has 2 aromatic rings. The number of hydrogen-bond acceptors (Lipinski definition) is 6. The van der Waals surface area contributed by atoms with Gasteiger partial charge in [-0.2, -0.15) is 0 Å². The van der Waals surface area contributed by atoms with Gasteiger partial charge in [0.1, 0.15) is 17.9 Å². The molecule has 0 heterocycles. The summed E-state index contributed by atoms with van der Waals surface area (Å²) in [5.41, 5.74) is 0.213. The Labute approximate surface area is 138 Å². The van der Waals surface area contributed by atoms with Crippen molar-refractivity contribution >= 4 is 28.9 Å². The van der Waals surface area contributed by atoms with E-state index in [-0.39, 0.29) is 24.5 Å². The molecule has 0 aliphatic carbocycles. The van der Waals surface area contributed by atoms with E-state index < -0.39 is 16.8 Å². The van der Waals surface area contributed by atoms with E-state index in [1.807, 2.05) is 12.1 Å². The Kier molecular flexibility index (Phi) is 5.76. The van der Waals surface area contributed by atoms with Gasteiger partial charge in [0.15, 0.2) is 0 Å². The molecule has 0 radical (unpaired) electrons. The Bertz CT molecular complexity index is 748. The first-order valence-corrected chi connectivity index (χ1v) is 7.61. The molecule has 122 valence electrons. The molecule has 0 aliphatic rings. The molecule has 0 bridgehead atoms. The average molecular weight is 337 g/mol. The molecule has 0 amide bonds. The topological polar surface area (TPSA) is 84.5 Å². The maximum absolute atomic E-state index is 11.6. The van der Waals surface area contributed by atoms with Gasteiger partial charge in [-0.3, -0.25) is 14.4 Å². The predicted molar refractivity (Wildman–Crippen MR) is 90.1 cm³/mol. The smallest absolute Gasteiger partial charge is 0.325 e. The molecule has 23 heavy (non-hydrogen) atoms. The average Bonchev–Trinajstić information content (AvgIpc) is 2.54. The van der Waals surface area contributed by atoms with E-state index in [1.54, 1.807) is 19.1 Å². The zero-order valence-corrected chi connectivity index (χ0v) is 13.4. The van der Waals surface area contributed by atoms with Gasteiger partial charge in [-0.1, -0.05) is 23.7 Å². The van der Waals surface area contributed by atoms with Crippen molar-refractivity contribution in [3.05, 3.63) is 55.3 Å². The normalized spacial score (nSPS) is 10.5. The van der Waals surface area contributed by atoms with E-state index in [4.69, 9.17) is 16.3 Å². The van der Waals surface area contributed by atoms with Crippen LogP contribution in [0.5, 0.6) is 0 Å². The molecule has 0 unspecified atom stereocenters. The minimum absolute atomic E-state index is 0.138. The Morgan fingerprint density at radius 3 is 2.30 bits per heavy atom. The van der Waals surface area contributed by atoms with Crippen molar-refractivity contribution in [2.75, 3.05) is 30.3 Å². The fraction of sp³-hybridized carbons (Fsp3) is 0.312. The van der Waals surface area contributed by atoms with Crippen LogP contribution in [0.3, 0.4) is 0 Å². The van der Waals surface area contributed by atoms with E-state index in [0.29, 0.717) is 18.0 Å². The quantitative estimate of drug-likeness (QED) is 0.562. The number of anilines is 2. The first-order valence-electron chi connectivity index (χ1n) is 7.24. The second kappa shape index (κ2) is 7.78. The first kappa shape index (κ1) is 17.0. The number of ether oxygens (including phenoxy) is 1. The van der Waals surface area contributed by atoms with Crippen LogP contribution in [0.2, 0.25) is 5.02 Å². The number of hydrogen-bond donors (Lipinski definition) is 2. The maximum Gasteiger partial charge on any atom is 0.325 e. The number of carbonyl (C=O) groups is 1. The maximum atomic E-state index is 11.6. The molecule has 2 rings (SSSR count). The molecule has 0 saturated heterocycles. The second-order valence-electron chi connectivity index (χ2n) is 4.87. The molecule has 7 heteroatoms. The van der Waals surface area contributed by atoms with Gasteiger partial charge in [0, 0.05) is 11.6 Å². The van der Waals surface area contributed by atoms with Gasteiger partial charge >= 0.3 is 5.97 Å². The molecular formula is C16H17ClN2O4. The van der Waals surface area contributed by atoms with Gasteiger partial charge < -0.3 is 15.4 Å². The lowest BCUT2D eigenvalue weighted by atomic mass is 10.1. The van der Waals surface area contributed by atoms with E-state index in [1.165, 1.54) is 0 Å². The molecule has 2 N–H and O–H groups in total. The van der Waals surface area contributed by atoms with Gasteiger partial charge in [-0.25, -0.2) is 0 Å². The Balaban J connectivity index is 1.89. The number of esters is 1. The molecule has 6 nitrogen and oxygen atoms in total. The lowest BCUT2D eigenvalue weighted by Crippen LogP contribution is -2.38. The lowest BCUT2D eigenvalue weighted by Gasteiger charge is -2.14. The van der Waals surface area contributed by atoms with Crippen molar-refractivity contribution in [1.82, 2.24) is 0 Å². The standard InChI is InChI=1S/C16H17ClN2O4/c1-2-23-12(20)9-19-14-13(15(21)16(14)22)18-8-7-10-3-5-11(17)6-4-10/h3-6,18-19H,2,7-9H2,1H3. The predicted octanol–water partition coefficient (Wildman–Crippen LogP) is 1.57. The van der Waals surface area contributed by atoms with Crippen LogP contribution >= 0.6 is 11.6 Å². The Morgan fingerprint density at radius 1 is 1.09 bits per heavy atom. The van der Waals surface area contributed by atoms with Crippen LogP contribution in [0.1, 0.15) is 12.5 Å². The van der Waals surface area contributed by atoms with Crippen molar-refractivity contribution in [2.24, 2.45) is 0 Å². The lowest BCUT2D eigenvalue weighted by molar-refractivity contribution is -0.140. The van der Waals surface area contributed by atoms with Crippen molar-refractivity contribution in [1.29, 1.82) is 0 Å². The fourth-order valence-electron chi connectivity index (χ4n) is 2.08. The van der Waals surface area contributed by atoms with E-state index in [0.717, 1.165) is 5.56 Å². The zero-order chi connectivity index (χ0) is 16.8. The van der Waals surface area contributed by atoms with Crippen LogP contribution in [-0.2, 0) is 16.0 Å². The summed E-state index contributed by atoms with van der Waals surface area (Å²) in [4.78, 5) is 34.4. The number of nitrogens with one attached hydrogen (secondary N) is 2. The molecule has 0 aromatic heterocycles. The molecule has 0 atom stereocenters. The summed E-state index contributed by atoms with van der Waals surface area (Å²) in [6, 6.07) is 7.37. The Morgan fingerprint density at radius 2 is 1.70 bits per heavy atom. The van der Waals surface area contributed by atoms with Crippen molar-refractivity contribution in [3.8, 4) is 0 Å². The highest BCUT2D eigenvalue weighted by atomic mass is 35.5. The van der Waals surface area contributed by atoms with Crippen LogP contribution < -0.4 is 21.5 Å². The summed E-state index contributed by atoms with van der Waals surface area (Å²) in [6.45, 7) is 2.29. The third-order valence-corrected chi connectivity index (χ3v) is 3.51. The highest BCUT2D eigenvalue weighted by Gasteiger charge is 2.21. The number of benzene rings is 1. The van der Waals surface area contributed by atoms with Crippen molar-refractivity contribution in [2.45, 2.75) is 13.3 Å². The van der Waals surface area contributed by atoms with Gasteiger partial charge in [-0.05, 0) is 31.0 Å². The molecule has 2 aromatic carbocycles. The van der Waals surface area contributed by atoms with Crippen LogP contribution in [0.15, 0.2) is 33.9 Å². The molecule has 0 fully saturated rings. The zero-order valence-electron chi connectivity index (χ0n) is 12.6. The van der Waals surface area contributed by atoms with E-state index in [2.05, 4.69) is 10.6 Å². The third-order valence-electron chi connectivity index (χ3n) is 3.25. The van der Waals surface area contributed by atoms with Crippen LogP contribution in [-0.4, -0.2) is 25.7 Å². The SMILES string of the molecule is CCOC(=O)CNc1c(NCCc2ccc(Cl)cc2)c(=O)c1=O. The number of rotatable bonds is 8. The molecular weight excluding hydrogens is 320 g/mol.